The Balaban J connectivity index is 2.00. The molecule has 7 heteroatoms. The van der Waals surface area contributed by atoms with Crippen LogP contribution in [0, 0.1) is 0 Å². The van der Waals surface area contributed by atoms with Crippen LogP contribution >= 0.6 is 0 Å². The summed E-state index contributed by atoms with van der Waals surface area (Å²) >= 11 is 0. The summed E-state index contributed by atoms with van der Waals surface area (Å²) < 4.78 is 0. The number of aromatic hydroxyl groups is 1. The van der Waals surface area contributed by atoms with Crippen LogP contribution in [0.15, 0.2) is 48.5 Å². The molecule has 4 N–H and O–H groups in total. The zero-order valence-corrected chi connectivity index (χ0v) is 12.0. The summed E-state index contributed by atoms with van der Waals surface area (Å²) in [6.45, 7) is -0.253. The number of phenols is 1. The van der Waals surface area contributed by atoms with Crippen LogP contribution in [0.2, 0.25) is 0 Å². The summed E-state index contributed by atoms with van der Waals surface area (Å²) in [6, 6.07) is 14.0. The Bertz CT molecular complexity index is 867. The van der Waals surface area contributed by atoms with E-state index in [-0.39, 0.29) is 18.2 Å². The van der Waals surface area contributed by atoms with Crippen molar-refractivity contribution in [2.45, 2.75) is 0 Å². The Morgan fingerprint density at radius 3 is 2.57 bits per heavy atom. The molecule has 3 rings (SSSR count). The first-order valence-corrected chi connectivity index (χ1v) is 6.91. The highest BCUT2D eigenvalue weighted by Crippen LogP contribution is 2.27. The predicted octanol–water partition coefficient (Wildman–Crippen LogP) is 2.58. The number of nitrogens with one attached hydrogen (secondary N) is 2. The molecule has 0 saturated carbocycles. The molecule has 3 aromatic rings. The predicted molar refractivity (Wildman–Crippen MR) is 87.1 cm³/mol. The lowest BCUT2D eigenvalue weighted by Crippen LogP contribution is -2.14. The van der Waals surface area contributed by atoms with E-state index in [9.17, 15) is 9.90 Å². The van der Waals surface area contributed by atoms with E-state index in [2.05, 4.69) is 20.6 Å². The van der Waals surface area contributed by atoms with Crippen molar-refractivity contribution in [3.8, 4) is 5.75 Å². The average Bonchev–Trinajstić information content (AvgIpc) is 2.54. The van der Waals surface area contributed by atoms with Gasteiger partial charge in [0.15, 0.2) is 0 Å². The van der Waals surface area contributed by atoms with Crippen LogP contribution in [0.5, 0.6) is 5.75 Å². The number of anilines is 3. The van der Waals surface area contributed by atoms with Crippen molar-refractivity contribution in [1.82, 2.24) is 9.97 Å². The monoisotopic (exact) mass is 310 g/mol. The number of nitrogens with zero attached hydrogens (tertiary/aromatic N) is 2. The van der Waals surface area contributed by atoms with Gasteiger partial charge in [-0.1, -0.05) is 24.3 Å². The van der Waals surface area contributed by atoms with E-state index >= 15 is 0 Å². The molecule has 0 saturated heterocycles. The molecule has 116 valence electrons. The van der Waals surface area contributed by atoms with Crippen molar-refractivity contribution >= 4 is 34.3 Å². The SMILES string of the molecule is O=C(O)CNc1nc(Nc2ccccc2O)nc2ccccc12. The highest BCUT2D eigenvalue weighted by atomic mass is 16.4. The molecule has 0 aliphatic heterocycles. The van der Waals surface area contributed by atoms with E-state index in [0.717, 1.165) is 5.39 Å². The fourth-order valence-electron chi connectivity index (χ4n) is 2.13. The summed E-state index contributed by atoms with van der Waals surface area (Å²) in [5.74, 6) is -0.235. The molecule has 2 aromatic carbocycles. The second-order valence-corrected chi connectivity index (χ2v) is 4.80. The molecule has 1 heterocycles. The number of fused-ring (bicyclic) bond motifs is 1. The first-order chi connectivity index (χ1) is 11.1. The number of aliphatic carboxylic acids is 1. The van der Waals surface area contributed by atoms with E-state index < -0.39 is 5.97 Å². The van der Waals surface area contributed by atoms with Gasteiger partial charge in [-0.3, -0.25) is 4.79 Å². The van der Waals surface area contributed by atoms with Crippen molar-refractivity contribution in [3.05, 3.63) is 48.5 Å². The lowest BCUT2D eigenvalue weighted by Gasteiger charge is -2.11. The van der Waals surface area contributed by atoms with Crippen LogP contribution < -0.4 is 10.6 Å². The first kappa shape index (κ1) is 14.6. The van der Waals surface area contributed by atoms with Crippen molar-refractivity contribution in [3.63, 3.8) is 0 Å². The van der Waals surface area contributed by atoms with E-state index in [0.29, 0.717) is 17.0 Å². The fraction of sp³-hybridized carbons (Fsp3) is 0.0625. The van der Waals surface area contributed by atoms with Gasteiger partial charge < -0.3 is 20.8 Å². The molecule has 23 heavy (non-hydrogen) atoms. The quantitative estimate of drug-likeness (QED) is 0.536. The number of carboxylic acid groups (broad SMARTS) is 1. The van der Waals surface area contributed by atoms with Crippen molar-refractivity contribution in [2.75, 3.05) is 17.2 Å². The van der Waals surface area contributed by atoms with Gasteiger partial charge in [-0.05, 0) is 24.3 Å². The number of aromatic nitrogens is 2. The molecule has 1 aromatic heterocycles. The number of carbonyl (C=O) groups is 1. The highest BCUT2D eigenvalue weighted by Gasteiger charge is 2.10. The van der Waals surface area contributed by atoms with Crippen LogP contribution in [0.25, 0.3) is 10.9 Å². The Hall–Kier alpha value is -3.35. The molecule has 0 aliphatic rings. The molecule has 0 amide bonds. The molecular formula is C16H14N4O3. The van der Waals surface area contributed by atoms with Gasteiger partial charge in [-0.2, -0.15) is 4.98 Å². The topological polar surface area (TPSA) is 107 Å². The molecule has 7 nitrogen and oxygen atoms in total. The molecular weight excluding hydrogens is 296 g/mol. The first-order valence-electron chi connectivity index (χ1n) is 6.91. The number of rotatable bonds is 5. The summed E-state index contributed by atoms with van der Waals surface area (Å²) in [7, 11) is 0. The van der Waals surface area contributed by atoms with Gasteiger partial charge in [-0.15, -0.1) is 0 Å². The van der Waals surface area contributed by atoms with Gasteiger partial charge in [0.25, 0.3) is 0 Å². The van der Waals surface area contributed by atoms with E-state index in [1.165, 1.54) is 0 Å². The van der Waals surface area contributed by atoms with E-state index in [1.807, 2.05) is 18.2 Å². The Kier molecular flexibility index (Phi) is 3.92. The maximum absolute atomic E-state index is 10.8. The summed E-state index contributed by atoms with van der Waals surface area (Å²) in [6.07, 6.45) is 0. The van der Waals surface area contributed by atoms with Gasteiger partial charge in [0.1, 0.15) is 18.1 Å². The number of hydrogen-bond acceptors (Lipinski definition) is 6. The number of carboxylic acids is 1. The van der Waals surface area contributed by atoms with Gasteiger partial charge in [0, 0.05) is 5.39 Å². The maximum Gasteiger partial charge on any atom is 0.322 e. The molecule has 0 spiro atoms. The van der Waals surface area contributed by atoms with Crippen molar-refractivity contribution < 1.29 is 15.0 Å². The normalized spacial score (nSPS) is 10.4. The van der Waals surface area contributed by atoms with Gasteiger partial charge in [0.2, 0.25) is 5.95 Å². The fourth-order valence-corrected chi connectivity index (χ4v) is 2.13. The van der Waals surface area contributed by atoms with Crippen molar-refractivity contribution in [2.24, 2.45) is 0 Å². The number of para-hydroxylation sites is 3. The lowest BCUT2D eigenvalue weighted by atomic mass is 10.2. The molecule has 0 bridgehead atoms. The molecule has 0 unspecified atom stereocenters. The Labute approximate surface area is 131 Å². The zero-order chi connectivity index (χ0) is 16.2. The standard InChI is InChI=1S/C16H14N4O3/c21-13-8-4-3-7-12(13)19-16-18-11-6-2-1-5-10(11)15(20-16)17-9-14(22)23/h1-8,21H,9H2,(H,22,23)(H2,17,18,19,20). The minimum absolute atomic E-state index is 0.0734. The van der Waals surface area contributed by atoms with E-state index in [1.54, 1.807) is 30.3 Å². The van der Waals surface area contributed by atoms with E-state index in [4.69, 9.17) is 5.11 Å². The molecule has 0 fully saturated rings. The van der Waals surface area contributed by atoms with Gasteiger partial charge >= 0.3 is 5.97 Å². The Morgan fingerprint density at radius 1 is 1.04 bits per heavy atom. The third-order valence-corrected chi connectivity index (χ3v) is 3.16. The largest absolute Gasteiger partial charge is 0.506 e. The van der Waals surface area contributed by atoms with Crippen LogP contribution in [-0.4, -0.2) is 32.7 Å². The molecule has 0 aliphatic carbocycles. The third kappa shape index (κ3) is 3.29. The number of benzene rings is 2. The third-order valence-electron chi connectivity index (χ3n) is 3.16. The van der Waals surface area contributed by atoms with Crippen LogP contribution in [0.1, 0.15) is 0 Å². The minimum atomic E-state index is -0.983. The number of hydrogen-bond donors (Lipinski definition) is 4. The summed E-state index contributed by atoms with van der Waals surface area (Å²) in [4.78, 5) is 19.5. The van der Waals surface area contributed by atoms with Crippen LogP contribution in [0.4, 0.5) is 17.5 Å². The summed E-state index contributed by atoms with van der Waals surface area (Å²) in [5.41, 5.74) is 1.13. The smallest absolute Gasteiger partial charge is 0.322 e. The Morgan fingerprint density at radius 2 is 1.78 bits per heavy atom. The van der Waals surface area contributed by atoms with Crippen molar-refractivity contribution in [1.29, 1.82) is 0 Å². The molecule has 0 atom stereocenters. The summed E-state index contributed by atoms with van der Waals surface area (Å²) in [5, 5.41) is 25.1. The van der Waals surface area contributed by atoms with Gasteiger partial charge in [0.05, 0.1) is 11.2 Å². The number of phenolic OH excluding ortho intramolecular Hbond substituents is 1. The lowest BCUT2D eigenvalue weighted by molar-refractivity contribution is -0.134. The van der Waals surface area contributed by atoms with Crippen LogP contribution in [-0.2, 0) is 4.79 Å². The maximum atomic E-state index is 10.8. The second kappa shape index (κ2) is 6.18. The van der Waals surface area contributed by atoms with Gasteiger partial charge in [-0.25, -0.2) is 4.98 Å². The second-order valence-electron chi connectivity index (χ2n) is 4.80. The highest BCUT2D eigenvalue weighted by molar-refractivity contribution is 5.91. The zero-order valence-electron chi connectivity index (χ0n) is 12.0. The van der Waals surface area contributed by atoms with Crippen LogP contribution in [0.3, 0.4) is 0 Å². The minimum Gasteiger partial charge on any atom is -0.506 e. The molecule has 0 radical (unpaired) electrons. The average molecular weight is 310 g/mol.